The zero-order valence-corrected chi connectivity index (χ0v) is 14.0. The average Bonchev–Trinajstić information content (AvgIpc) is 3.03. The Morgan fingerprint density at radius 2 is 2.12 bits per heavy atom. The molecule has 5 heteroatoms. The molecular formula is C20H22F2N2O. The normalized spacial score (nSPS) is 29.6. The maximum absolute atomic E-state index is 14.0. The number of hydrogen-bond acceptors (Lipinski definition) is 3. The summed E-state index contributed by atoms with van der Waals surface area (Å²) in [6, 6.07) is 7.38. The Morgan fingerprint density at radius 1 is 1.24 bits per heavy atom. The van der Waals surface area contributed by atoms with E-state index in [2.05, 4.69) is 9.88 Å². The van der Waals surface area contributed by atoms with E-state index in [1.54, 1.807) is 12.4 Å². The molecule has 1 aromatic carbocycles. The predicted molar refractivity (Wildman–Crippen MR) is 90.6 cm³/mol. The minimum Gasteiger partial charge on any atom is -0.385 e. The van der Waals surface area contributed by atoms with Crippen LogP contribution in [0.3, 0.4) is 0 Å². The van der Waals surface area contributed by atoms with Gasteiger partial charge in [-0.2, -0.15) is 0 Å². The molecule has 1 N–H and O–H groups in total. The van der Waals surface area contributed by atoms with Crippen LogP contribution in [-0.2, 0) is 12.1 Å². The molecule has 1 saturated heterocycles. The number of hydrogen-bond donors (Lipinski definition) is 1. The minimum absolute atomic E-state index is 0.0991. The van der Waals surface area contributed by atoms with E-state index in [1.165, 1.54) is 12.1 Å². The van der Waals surface area contributed by atoms with Crippen molar-refractivity contribution in [2.45, 2.75) is 31.4 Å². The minimum atomic E-state index is -0.883. The number of halogens is 2. The van der Waals surface area contributed by atoms with Crippen LogP contribution in [0, 0.1) is 23.5 Å². The van der Waals surface area contributed by atoms with Crippen LogP contribution in [0.4, 0.5) is 8.78 Å². The number of aromatic nitrogens is 1. The fraction of sp³-hybridized carbons (Fsp3) is 0.450. The monoisotopic (exact) mass is 344 g/mol. The van der Waals surface area contributed by atoms with Crippen molar-refractivity contribution in [2.75, 3.05) is 13.1 Å². The number of fused-ring (bicyclic) bond motifs is 1. The molecule has 132 valence electrons. The fourth-order valence-corrected chi connectivity index (χ4v) is 4.62. The molecule has 1 aliphatic carbocycles. The molecule has 25 heavy (non-hydrogen) atoms. The first kappa shape index (κ1) is 16.6. The zero-order chi connectivity index (χ0) is 17.4. The Hall–Kier alpha value is -1.85. The lowest BCUT2D eigenvalue weighted by atomic mass is 9.68. The number of nitrogens with zero attached hydrogens (tertiary/aromatic N) is 2. The lowest BCUT2D eigenvalue weighted by molar-refractivity contribution is -0.0651. The maximum Gasteiger partial charge on any atom is 0.127 e. The van der Waals surface area contributed by atoms with Crippen molar-refractivity contribution in [2.24, 2.45) is 11.8 Å². The van der Waals surface area contributed by atoms with Gasteiger partial charge in [-0.15, -0.1) is 0 Å². The van der Waals surface area contributed by atoms with E-state index in [0.29, 0.717) is 24.6 Å². The summed E-state index contributed by atoms with van der Waals surface area (Å²) in [5.41, 5.74) is 0.360. The second-order valence-corrected chi connectivity index (χ2v) is 7.35. The van der Waals surface area contributed by atoms with E-state index < -0.39 is 11.4 Å². The van der Waals surface area contributed by atoms with Crippen molar-refractivity contribution in [3.05, 3.63) is 65.5 Å². The van der Waals surface area contributed by atoms with E-state index >= 15 is 0 Å². The second kappa shape index (κ2) is 6.46. The van der Waals surface area contributed by atoms with Gasteiger partial charge in [-0.05, 0) is 49.4 Å². The molecule has 3 nitrogen and oxygen atoms in total. The first-order valence-electron chi connectivity index (χ1n) is 8.85. The Bertz CT molecular complexity index is 755. The van der Waals surface area contributed by atoms with Crippen molar-refractivity contribution in [1.82, 2.24) is 9.88 Å². The van der Waals surface area contributed by atoms with Gasteiger partial charge in [0.05, 0.1) is 5.60 Å². The van der Waals surface area contributed by atoms with Gasteiger partial charge in [0.25, 0.3) is 0 Å². The molecule has 1 aromatic heterocycles. The summed E-state index contributed by atoms with van der Waals surface area (Å²) in [5.74, 6) is -0.323. The third kappa shape index (κ3) is 3.07. The van der Waals surface area contributed by atoms with E-state index in [-0.39, 0.29) is 11.7 Å². The SMILES string of the molecule is O[C@]1(c2cccnc2)CCC[C@H]2CN(Cc3cc(F)ccc3F)C[C@@H]21. The molecule has 2 aromatic rings. The third-order valence-electron chi connectivity index (χ3n) is 5.83. The van der Waals surface area contributed by atoms with Crippen LogP contribution in [-0.4, -0.2) is 28.1 Å². The molecule has 2 aliphatic rings. The highest BCUT2D eigenvalue weighted by Gasteiger charge is 2.49. The number of likely N-dealkylation sites (tertiary alicyclic amines) is 1. The Labute approximate surface area is 146 Å². The van der Waals surface area contributed by atoms with E-state index in [0.717, 1.165) is 37.4 Å². The molecule has 0 unspecified atom stereocenters. The molecule has 0 radical (unpaired) electrons. The van der Waals surface area contributed by atoms with Crippen LogP contribution < -0.4 is 0 Å². The molecule has 2 heterocycles. The topological polar surface area (TPSA) is 36.4 Å². The van der Waals surface area contributed by atoms with Gasteiger partial charge in [-0.25, -0.2) is 8.78 Å². The molecule has 0 bridgehead atoms. The number of aliphatic hydroxyl groups is 1. The molecule has 2 fully saturated rings. The number of benzene rings is 1. The quantitative estimate of drug-likeness (QED) is 0.926. The summed E-state index contributed by atoms with van der Waals surface area (Å²) in [4.78, 5) is 6.30. The Balaban J connectivity index is 1.56. The van der Waals surface area contributed by atoms with E-state index in [1.807, 2.05) is 12.1 Å². The van der Waals surface area contributed by atoms with Crippen molar-refractivity contribution in [1.29, 1.82) is 0 Å². The highest BCUT2D eigenvalue weighted by molar-refractivity contribution is 5.23. The third-order valence-corrected chi connectivity index (χ3v) is 5.83. The molecule has 1 aliphatic heterocycles. The molecule has 3 atom stereocenters. The van der Waals surface area contributed by atoms with Crippen LogP contribution in [0.25, 0.3) is 0 Å². The first-order chi connectivity index (χ1) is 12.1. The molecule has 1 saturated carbocycles. The summed E-state index contributed by atoms with van der Waals surface area (Å²) in [6.45, 7) is 1.87. The van der Waals surface area contributed by atoms with Crippen LogP contribution >= 0.6 is 0 Å². The molecule has 0 spiro atoms. The second-order valence-electron chi connectivity index (χ2n) is 7.35. The smallest absolute Gasteiger partial charge is 0.127 e. The standard InChI is InChI=1S/C20H22F2N2O/c21-17-5-6-19(22)15(9-17)12-24-11-14-3-1-7-20(25,18(14)13-24)16-4-2-8-23-10-16/h2,4-6,8-10,14,18,25H,1,3,7,11-13H2/t14-,18-,20-/m0/s1. The predicted octanol–water partition coefficient (Wildman–Crippen LogP) is 3.48. The van der Waals surface area contributed by atoms with Gasteiger partial charge < -0.3 is 5.11 Å². The first-order valence-corrected chi connectivity index (χ1v) is 8.85. The molecule has 0 amide bonds. The van der Waals surface area contributed by atoms with Gasteiger partial charge >= 0.3 is 0 Å². The van der Waals surface area contributed by atoms with E-state index in [4.69, 9.17) is 0 Å². The molecule has 4 rings (SSSR count). The summed E-state index contributed by atoms with van der Waals surface area (Å²) in [6.07, 6.45) is 6.21. The zero-order valence-electron chi connectivity index (χ0n) is 14.0. The van der Waals surface area contributed by atoms with Crippen molar-refractivity contribution in [3.8, 4) is 0 Å². The lowest BCUT2D eigenvalue weighted by Crippen LogP contribution is -2.42. The summed E-state index contributed by atoms with van der Waals surface area (Å²) < 4.78 is 27.4. The van der Waals surface area contributed by atoms with Gasteiger partial charge in [0.2, 0.25) is 0 Å². The largest absolute Gasteiger partial charge is 0.385 e. The van der Waals surface area contributed by atoms with Gasteiger partial charge in [0.1, 0.15) is 11.6 Å². The maximum atomic E-state index is 14.0. The van der Waals surface area contributed by atoms with Crippen molar-refractivity contribution >= 4 is 0 Å². The van der Waals surface area contributed by atoms with Gasteiger partial charge in [-0.1, -0.05) is 6.07 Å². The van der Waals surface area contributed by atoms with Crippen LogP contribution in [0.5, 0.6) is 0 Å². The number of rotatable bonds is 3. The lowest BCUT2D eigenvalue weighted by Gasteiger charge is -2.41. The summed E-state index contributed by atoms with van der Waals surface area (Å²) in [7, 11) is 0. The summed E-state index contributed by atoms with van der Waals surface area (Å²) >= 11 is 0. The van der Waals surface area contributed by atoms with E-state index in [9.17, 15) is 13.9 Å². The van der Waals surface area contributed by atoms with Gasteiger partial charge in [-0.3, -0.25) is 9.88 Å². The Kier molecular flexibility index (Phi) is 4.29. The molecular weight excluding hydrogens is 322 g/mol. The van der Waals surface area contributed by atoms with Crippen LogP contribution in [0.1, 0.15) is 30.4 Å². The Morgan fingerprint density at radius 3 is 2.92 bits per heavy atom. The van der Waals surface area contributed by atoms with Crippen molar-refractivity contribution < 1.29 is 13.9 Å². The highest BCUT2D eigenvalue weighted by Crippen LogP contribution is 2.48. The highest BCUT2D eigenvalue weighted by atomic mass is 19.1. The van der Waals surface area contributed by atoms with Crippen molar-refractivity contribution in [3.63, 3.8) is 0 Å². The van der Waals surface area contributed by atoms with Crippen LogP contribution in [0.2, 0.25) is 0 Å². The number of pyridine rings is 1. The fourth-order valence-electron chi connectivity index (χ4n) is 4.62. The van der Waals surface area contributed by atoms with Gasteiger partial charge in [0.15, 0.2) is 0 Å². The van der Waals surface area contributed by atoms with Crippen LogP contribution in [0.15, 0.2) is 42.7 Å². The van der Waals surface area contributed by atoms with Gasteiger partial charge in [0, 0.05) is 49.1 Å². The summed E-state index contributed by atoms with van der Waals surface area (Å²) in [5, 5.41) is 11.4. The average molecular weight is 344 g/mol.